The topological polar surface area (TPSA) is 66.4 Å². The van der Waals surface area contributed by atoms with Crippen LogP contribution in [0.1, 0.15) is 49.5 Å². The average molecular weight is 275 g/mol. The zero-order chi connectivity index (χ0) is 14.9. The van der Waals surface area contributed by atoms with Crippen LogP contribution >= 0.6 is 0 Å². The first kappa shape index (κ1) is 14.6. The van der Waals surface area contributed by atoms with Gasteiger partial charge in [-0.1, -0.05) is 32.9 Å². The minimum absolute atomic E-state index is 0.0343. The Kier molecular flexibility index (Phi) is 3.84. The highest BCUT2D eigenvalue weighted by molar-refractivity contribution is 5.96. The highest BCUT2D eigenvalue weighted by Gasteiger charge is 2.37. The van der Waals surface area contributed by atoms with Crippen LogP contribution in [0.3, 0.4) is 0 Å². The van der Waals surface area contributed by atoms with E-state index in [9.17, 15) is 9.59 Å². The van der Waals surface area contributed by atoms with E-state index in [2.05, 4.69) is 26.1 Å². The summed E-state index contributed by atoms with van der Waals surface area (Å²) in [6, 6.07) is 6.58. The SMILES string of the molecule is CC(C)(C)c1ccc(C(=O)NC(C(=O)O)C2CC2)cc1. The summed E-state index contributed by atoms with van der Waals surface area (Å²) < 4.78 is 0. The molecule has 2 rings (SSSR count). The summed E-state index contributed by atoms with van der Waals surface area (Å²) in [4.78, 5) is 23.2. The minimum atomic E-state index is -0.952. The fourth-order valence-corrected chi connectivity index (χ4v) is 2.16. The van der Waals surface area contributed by atoms with E-state index in [4.69, 9.17) is 5.11 Å². The van der Waals surface area contributed by atoms with Gasteiger partial charge in [0.05, 0.1) is 0 Å². The van der Waals surface area contributed by atoms with Crippen molar-refractivity contribution >= 4 is 11.9 Å². The third-order valence-corrected chi connectivity index (χ3v) is 3.66. The molecule has 0 heterocycles. The van der Waals surface area contributed by atoms with Gasteiger partial charge < -0.3 is 10.4 Å². The number of aliphatic carboxylic acids is 1. The Morgan fingerprint density at radius 3 is 2.15 bits per heavy atom. The standard InChI is InChI=1S/C16H21NO3/c1-16(2,3)12-8-6-11(7-9-12)14(18)17-13(15(19)20)10-4-5-10/h6-10,13H,4-5H2,1-3H3,(H,17,18)(H,19,20). The molecule has 1 aromatic carbocycles. The fraction of sp³-hybridized carbons (Fsp3) is 0.500. The summed E-state index contributed by atoms with van der Waals surface area (Å²) in [6.45, 7) is 6.32. The summed E-state index contributed by atoms with van der Waals surface area (Å²) >= 11 is 0. The number of amides is 1. The molecule has 1 aliphatic carbocycles. The molecule has 0 aliphatic heterocycles. The molecule has 0 bridgehead atoms. The van der Waals surface area contributed by atoms with Gasteiger partial charge >= 0.3 is 5.97 Å². The van der Waals surface area contributed by atoms with Gasteiger partial charge in [-0.2, -0.15) is 0 Å². The lowest BCUT2D eigenvalue weighted by Crippen LogP contribution is -2.42. The Balaban J connectivity index is 2.07. The van der Waals surface area contributed by atoms with Crippen LogP contribution < -0.4 is 5.32 Å². The van der Waals surface area contributed by atoms with E-state index >= 15 is 0 Å². The molecule has 1 saturated carbocycles. The molecule has 1 amide bonds. The first-order chi connectivity index (χ1) is 9.29. The molecule has 0 spiro atoms. The molecule has 108 valence electrons. The quantitative estimate of drug-likeness (QED) is 0.887. The zero-order valence-corrected chi connectivity index (χ0v) is 12.1. The summed E-state index contributed by atoms with van der Waals surface area (Å²) in [5, 5.41) is 11.7. The van der Waals surface area contributed by atoms with Crippen molar-refractivity contribution in [2.24, 2.45) is 5.92 Å². The second-order valence-corrected chi connectivity index (χ2v) is 6.45. The molecule has 4 nitrogen and oxygen atoms in total. The van der Waals surface area contributed by atoms with Crippen LogP contribution in [0, 0.1) is 5.92 Å². The second kappa shape index (κ2) is 5.27. The van der Waals surface area contributed by atoms with Gasteiger partial charge in [-0.05, 0) is 41.9 Å². The first-order valence-electron chi connectivity index (χ1n) is 6.93. The number of rotatable bonds is 4. The molecule has 2 N–H and O–H groups in total. The van der Waals surface area contributed by atoms with E-state index in [0.717, 1.165) is 18.4 Å². The van der Waals surface area contributed by atoms with Crippen molar-refractivity contribution < 1.29 is 14.7 Å². The number of benzene rings is 1. The molecule has 4 heteroatoms. The van der Waals surface area contributed by atoms with Gasteiger partial charge in [0.15, 0.2) is 0 Å². The highest BCUT2D eigenvalue weighted by Crippen LogP contribution is 2.33. The van der Waals surface area contributed by atoms with Crippen molar-refractivity contribution in [1.29, 1.82) is 0 Å². The van der Waals surface area contributed by atoms with Crippen molar-refractivity contribution in [2.75, 3.05) is 0 Å². The summed E-state index contributed by atoms with van der Waals surface area (Å²) in [7, 11) is 0. The second-order valence-electron chi connectivity index (χ2n) is 6.45. The zero-order valence-electron chi connectivity index (χ0n) is 12.1. The monoisotopic (exact) mass is 275 g/mol. The van der Waals surface area contributed by atoms with Gasteiger partial charge in [0.2, 0.25) is 0 Å². The van der Waals surface area contributed by atoms with E-state index in [1.807, 2.05) is 12.1 Å². The van der Waals surface area contributed by atoms with Crippen LogP contribution in [-0.2, 0) is 10.2 Å². The van der Waals surface area contributed by atoms with Gasteiger partial charge in [0.25, 0.3) is 5.91 Å². The van der Waals surface area contributed by atoms with E-state index in [0.29, 0.717) is 5.56 Å². The fourth-order valence-electron chi connectivity index (χ4n) is 2.16. The largest absolute Gasteiger partial charge is 0.480 e. The lowest BCUT2D eigenvalue weighted by Gasteiger charge is -2.19. The van der Waals surface area contributed by atoms with E-state index in [-0.39, 0.29) is 17.2 Å². The predicted molar refractivity (Wildman–Crippen MR) is 76.8 cm³/mol. The van der Waals surface area contributed by atoms with Gasteiger partial charge in [0.1, 0.15) is 6.04 Å². The van der Waals surface area contributed by atoms with E-state index in [1.54, 1.807) is 12.1 Å². The lowest BCUT2D eigenvalue weighted by molar-refractivity contribution is -0.139. The Bertz CT molecular complexity index is 510. The Morgan fingerprint density at radius 2 is 1.75 bits per heavy atom. The van der Waals surface area contributed by atoms with E-state index in [1.165, 1.54) is 0 Å². The average Bonchev–Trinajstić information content (AvgIpc) is 3.18. The van der Waals surface area contributed by atoms with E-state index < -0.39 is 12.0 Å². The van der Waals surface area contributed by atoms with Crippen LogP contribution in [-0.4, -0.2) is 23.0 Å². The molecule has 0 saturated heterocycles. The highest BCUT2D eigenvalue weighted by atomic mass is 16.4. The Hall–Kier alpha value is -1.84. The summed E-state index contributed by atoms with van der Waals surface area (Å²) in [5.41, 5.74) is 1.68. The molecular formula is C16H21NO3. The number of carboxylic acid groups (broad SMARTS) is 1. The molecule has 1 aliphatic rings. The maximum Gasteiger partial charge on any atom is 0.326 e. The normalized spacial score (nSPS) is 16.6. The minimum Gasteiger partial charge on any atom is -0.480 e. The molecule has 20 heavy (non-hydrogen) atoms. The van der Waals surface area contributed by atoms with Crippen molar-refractivity contribution in [1.82, 2.24) is 5.32 Å². The van der Waals surface area contributed by atoms with Crippen LogP contribution in [0.5, 0.6) is 0 Å². The number of carboxylic acids is 1. The molecule has 1 aromatic rings. The number of hydrogen-bond acceptors (Lipinski definition) is 2. The van der Waals surface area contributed by atoms with Crippen molar-refractivity contribution in [3.05, 3.63) is 35.4 Å². The first-order valence-corrected chi connectivity index (χ1v) is 6.93. The number of hydrogen-bond donors (Lipinski definition) is 2. The van der Waals surface area contributed by atoms with Gasteiger partial charge in [0, 0.05) is 5.56 Å². The van der Waals surface area contributed by atoms with Crippen LogP contribution in [0.15, 0.2) is 24.3 Å². The van der Waals surface area contributed by atoms with Gasteiger partial charge in [-0.3, -0.25) is 4.79 Å². The lowest BCUT2D eigenvalue weighted by atomic mass is 9.86. The molecule has 0 radical (unpaired) electrons. The number of carbonyl (C=O) groups is 2. The molecule has 1 atom stereocenters. The number of nitrogens with one attached hydrogen (secondary N) is 1. The Morgan fingerprint density at radius 1 is 1.20 bits per heavy atom. The van der Waals surface area contributed by atoms with Crippen LogP contribution in [0.2, 0.25) is 0 Å². The van der Waals surface area contributed by atoms with Crippen molar-refractivity contribution in [3.63, 3.8) is 0 Å². The maximum atomic E-state index is 12.1. The summed E-state index contributed by atoms with van der Waals surface area (Å²) in [5.74, 6) is -1.18. The predicted octanol–water partition coefficient (Wildman–Crippen LogP) is 2.58. The molecular weight excluding hydrogens is 254 g/mol. The van der Waals surface area contributed by atoms with Crippen LogP contribution in [0.4, 0.5) is 0 Å². The van der Waals surface area contributed by atoms with Crippen molar-refractivity contribution in [2.45, 2.75) is 45.1 Å². The summed E-state index contributed by atoms with van der Waals surface area (Å²) in [6.07, 6.45) is 1.75. The molecule has 1 fully saturated rings. The molecule has 0 aromatic heterocycles. The Labute approximate surface area is 119 Å². The number of carbonyl (C=O) groups excluding carboxylic acids is 1. The van der Waals surface area contributed by atoms with Gasteiger partial charge in [-0.25, -0.2) is 4.79 Å². The third-order valence-electron chi connectivity index (χ3n) is 3.66. The van der Waals surface area contributed by atoms with Crippen LogP contribution in [0.25, 0.3) is 0 Å². The van der Waals surface area contributed by atoms with Gasteiger partial charge in [-0.15, -0.1) is 0 Å². The molecule has 1 unspecified atom stereocenters. The third kappa shape index (κ3) is 3.38. The maximum absolute atomic E-state index is 12.1. The smallest absolute Gasteiger partial charge is 0.326 e. The van der Waals surface area contributed by atoms with Crippen molar-refractivity contribution in [3.8, 4) is 0 Å².